The highest BCUT2D eigenvalue weighted by Gasteiger charge is 2.26. The van der Waals surface area contributed by atoms with Gasteiger partial charge in [0.25, 0.3) is 0 Å². The number of hydrogen-bond acceptors (Lipinski definition) is 3. The Kier molecular flexibility index (Phi) is 7.92. The van der Waals surface area contributed by atoms with Gasteiger partial charge >= 0.3 is 0 Å². The average Bonchev–Trinajstić information content (AvgIpc) is 2.81. The summed E-state index contributed by atoms with van der Waals surface area (Å²) in [4.78, 5) is 0. The number of rotatable bonds is 8. The summed E-state index contributed by atoms with van der Waals surface area (Å²) >= 11 is 0. The van der Waals surface area contributed by atoms with Crippen LogP contribution in [0.4, 0.5) is 0 Å². The lowest BCUT2D eigenvalue weighted by Crippen LogP contribution is -2.15. The van der Waals surface area contributed by atoms with E-state index < -0.39 is 0 Å². The molecule has 3 rings (SSSR count). The van der Waals surface area contributed by atoms with Crippen molar-refractivity contribution >= 4 is 0 Å². The number of nitriles is 2. The van der Waals surface area contributed by atoms with Gasteiger partial charge in [-0.2, -0.15) is 10.5 Å². The molecule has 0 aliphatic heterocycles. The van der Waals surface area contributed by atoms with Gasteiger partial charge in [0.2, 0.25) is 0 Å². The SMILES string of the molecule is CCCC[C@H]1CC[C@H](c2ccc(-c3ccc(OCCC)cc3)c(C#N)c2C#N)CC1. The van der Waals surface area contributed by atoms with Crippen molar-refractivity contribution in [1.29, 1.82) is 10.5 Å². The van der Waals surface area contributed by atoms with E-state index in [0.29, 0.717) is 23.7 Å². The third-order valence-corrected chi connectivity index (χ3v) is 6.35. The van der Waals surface area contributed by atoms with Gasteiger partial charge in [-0.3, -0.25) is 0 Å². The molecule has 0 N–H and O–H groups in total. The van der Waals surface area contributed by atoms with Gasteiger partial charge in [-0.15, -0.1) is 0 Å². The second-order valence-electron chi connectivity index (χ2n) is 8.41. The Balaban J connectivity index is 1.84. The highest BCUT2D eigenvalue weighted by atomic mass is 16.5. The van der Waals surface area contributed by atoms with Crippen LogP contribution in [0.3, 0.4) is 0 Å². The van der Waals surface area contributed by atoms with E-state index in [1.807, 2.05) is 30.3 Å². The van der Waals surface area contributed by atoms with Gasteiger partial charge in [-0.25, -0.2) is 0 Å². The Bertz CT molecular complexity index is 910. The molecule has 0 spiro atoms. The van der Waals surface area contributed by atoms with Crippen LogP contribution in [-0.4, -0.2) is 6.61 Å². The van der Waals surface area contributed by atoms with Crippen molar-refractivity contribution in [3.8, 4) is 29.0 Å². The molecule has 2 aromatic rings. The number of ether oxygens (including phenoxy) is 1. The number of hydrogen-bond donors (Lipinski definition) is 0. The molecule has 0 saturated heterocycles. The molecule has 30 heavy (non-hydrogen) atoms. The van der Waals surface area contributed by atoms with E-state index >= 15 is 0 Å². The van der Waals surface area contributed by atoms with Crippen LogP contribution < -0.4 is 4.74 Å². The van der Waals surface area contributed by atoms with Gasteiger partial charge in [0.05, 0.1) is 17.7 Å². The minimum absolute atomic E-state index is 0.392. The lowest BCUT2D eigenvalue weighted by atomic mass is 9.75. The van der Waals surface area contributed by atoms with Gasteiger partial charge in [0.15, 0.2) is 0 Å². The van der Waals surface area contributed by atoms with Crippen LogP contribution in [0.25, 0.3) is 11.1 Å². The fourth-order valence-electron chi connectivity index (χ4n) is 4.64. The first-order valence-electron chi connectivity index (χ1n) is 11.4. The summed E-state index contributed by atoms with van der Waals surface area (Å²) in [5.74, 6) is 2.05. The summed E-state index contributed by atoms with van der Waals surface area (Å²) in [5.41, 5.74) is 3.91. The predicted octanol–water partition coefficient (Wildman–Crippen LogP) is 7.35. The molecule has 1 saturated carbocycles. The van der Waals surface area contributed by atoms with Gasteiger partial charge in [0, 0.05) is 5.56 Å². The molecule has 0 amide bonds. The zero-order chi connectivity index (χ0) is 21.3. The number of benzene rings is 2. The number of unbranched alkanes of at least 4 members (excludes halogenated alkanes) is 1. The second-order valence-corrected chi connectivity index (χ2v) is 8.41. The maximum atomic E-state index is 9.92. The molecule has 156 valence electrons. The fraction of sp³-hybridized carbons (Fsp3) is 0.481. The topological polar surface area (TPSA) is 56.8 Å². The zero-order valence-corrected chi connectivity index (χ0v) is 18.3. The van der Waals surface area contributed by atoms with Crippen molar-refractivity contribution in [2.75, 3.05) is 6.61 Å². The van der Waals surface area contributed by atoms with Gasteiger partial charge < -0.3 is 4.74 Å². The lowest BCUT2D eigenvalue weighted by Gasteiger charge is -2.29. The van der Waals surface area contributed by atoms with Crippen molar-refractivity contribution in [2.45, 2.75) is 71.1 Å². The molecular formula is C27H32N2O. The van der Waals surface area contributed by atoms with E-state index in [9.17, 15) is 10.5 Å². The molecule has 1 aliphatic carbocycles. The largest absolute Gasteiger partial charge is 0.494 e. The minimum Gasteiger partial charge on any atom is -0.494 e. The third kappa shape index (κ3) is 5.03. The van der Waals surface area contributed by atoms with Crippen molar-refractivity contribution in [3.63, 3.8) is 0 Å². The highest BCUT2D eigenvalue weighted by molar-refractivity contribution is 5.75. The predicted molar refractivity (Wildman–Crippen MR) is 121 cm³/mol. The van der Waals surface area contributed by atoms with Gasteiger partial charge in [-0.1, -0.05) is 57.4 Å². The monoisotopic (exact) mass is 400 g/mol. The smallest absolute Gasteiger partial charge is 0.119 e. The first-order valence-corrected chi connectivity index (χ1v) is 11.4. The molecule has 1 aliphatic rings. The molecule has 0 atom stereocenters. The van der Waals surface area contributed by atoms with Crippen molar-refractivity contribution < 1.29 is 4.74 Å². The standard InChI is InChI=1S/C27H32N2O/c1-3-5-6-20-7-9-21(10-8-20)24-15-16-25(27(19-29)26(24)18-28)22-11-13-23(14-12-22)30-17-4-2/h11-16,20-21H,3-10,17H2,1-2H3/t20-,21-. The Morgan fingerprint density at radius 1 is 0.867 bits per heavy atom. The molecule has 3 heteroatoms. The molecule has 0 heterocycles. The van der Waals surface area contributed by atoms with Crippen LogP contribution in [0, 0.1) is 28.6 Å². The first kappa shape index (κ1) is 21.9. The first-order chi connectivity index (χ1) is 14.7. The fourth-order valence-corrected chi connectivity index (χ4v) is 4.64. The van der Waals surface area contributed by atoms with E-state index in [4.69, 9.17) is 4.74 Å². The van der Waals surface area contributed by atoms with Gasteiger partial charge in [0.1, 0.15) is 17.9 Å². The normalized spacial score (nSPS) is 18.4. The van der Waals surface area contributed by atoms with E-state index in [1.165, 1.54) is 32.1 Å². The summed E-state index contributed by atoms with van der Waals surface area (Å²) in [6, 6.07) is 16.6. The maximum Gasteiger partial charge on any atom is 0.119 e. The quantitative estimate of drug-likeness (QED) is 0.465. The molecule has 0 aromatic heterocycles. The summed E-state index contributed by atoms with van der Waals surface area (Å²) in [7, 11) is 0. The molecule has 0 radical (unpaired) electrons. The second kappa shape index (κ2) is 10.8. The summed E-state index contributed by atoms with van der Waals surface area (Å²) in [6.07, 6.45) is 9.58. The minimum atomic E-state index is 0.392. The lowest BCUT2D eigenvalue weighted by molar-refractivity contribution is 0.304. The zero-order valence-electron chi connectivity index (χ0n) is 18.3. The van der Waals surface area contributed by atoms with Crippen molar-refractivity contribution in [1.82, 2.24) is 0 Å². The van der Waals surface area contributed by atoms with Crippen molar-refractivity contribution in [2.24, 2.45) is 5.92 Å². The van der Waals surface area contributed by atoms with Crippen LogP contribution in [0.1, 0.15) is 87.8 Å². The van der Waals surface area contributed by atoms with E-state index in [-0.39, 0.29) is 0 Å². The summed E-state index contributed by atoms with van der Waals surface area (Å²) in [5, 5.41) is 19.8. The van der Waals surface area contributed by atoms with Gasteiger partial charge in [-0.05, 0) is 67.2 Å². The molecular weight excluding hydrogens is 368 g/mol. The van der Waals surface area contributed by atoms with E-state index in [2.05, 4.69) is 32.1 Å². The maximum absolute atomic E-state index is 9.92. The molecule has 0 bridgehead atoms. The number of nitrogens with zero attached hydrogens (tertiary/aromatic N) is 2. The Hall–Kier alpha value is -2.78. The van der Waals surface area contributed by atoms with Crippen molar-refractivity contribution in [3.05, 3.63) is 53.1 Å². The third-order valence-electron chi connectivity index (χ3n) is 6.35. The molecule has 2 aromatic carbocycles. The molecule has 1 fully saturated rings. The van der Waals surface area contributed by atoms with E-state index in [0.717, 1.165) is 47.6 Å². The Morgan fingerprint density at radius 3 is 2.17 bits per heavy atom. The molecule has 3 nitrogen and oxygen atoms in total. The Labute approximate surface area is 181 Å². The summed E-state index contributed by atoms with van der Waals surface area (Å²) in [6.45, 7) is 5.02. The molecule has 0 unspecified atom stereocenters. The Morgan fingerprint density at radius 2 is 1.57 bits per heavy atom. The van der Waals surface area contributed by atoms with Crippen LogP contribution in [0.15, 0.2) is 36.4 Å². The van der Waals surface area contributed by atoms with E-state index in [1.54, 1.807) is 0 Å². The highest BCUT2D eigenvalue weighted by Crippen LogP contribution is 2.41. The summed E-state index contributed by atoms with van der Waals surface area (Å²) < 4.78 is 5.66. The van der Waals surface area contributed by atoms with Crippen LogP contribution in [0.2, 0.25) is 0 Å². The van der Waals surface area contributed by atoms with Crippen LogP contribution >= 0.6 is 0 Å². The average molecular weight is 401 g/mol. The van der Waals surface area contributed by atoms with Crippen LogP contribution in [-0.2, 0) is 0 Å². The van der Waals surface area contributed by atoms with Crippen LogP contribution in [0.5, 0.6) is 5.75 Å².